The van der Waals surface area contributed by atoms with Crippen LogP contribution in [0, 0.1) is 20.2 Å². The molecule has 1 unspecified atom stereocenters. The Bertz CT molecular complexity index is 728. The zero-order chi connectivity index (χ0) is 16.3. The maximum atomic E-state index is 12.2. The van der Waals surface area contributed by atoms with Crippen LogP contribution >= 0.6 is 11.6 Å². The standard InChI is InChI=1S/C14H9ClN2O5/c15-13(9-1-5-11(6-2-9)16(19)20)14(18)10-3-7-12(8-4-10)17(21)22/h1-8,13H. The van der Waals surface area contributed by atoms with E-state index in [9.17, 15) is 25.0 Å². The largest absolute Gasteiger partial charge is 0.292 e. The Morgan fingerprint density at radius 3 is 1.68 bits per heavy atom. The average Bonchev–Trinajstić information content (AvgIpc) is 2.53. The third-order valence-electron chi connectivity index (χ3n) is 2.99. The molecule has 8 heteroatoms. The van der Waals surface area contributed by atoms with Gasteiger partial charge in [0.1, 0.15) is 5.38 Å². The summed E-state index contributed by atoms with van der Waals surface area (Å²) in [6.07, 6.45) is 0. The highest BCUT2D eigenvalue weighted by Crippen LogP contribution is 2.27. The zero-order valence-electron chi connectivity index (χ0n) is 11.0. The predicted octanol–water partition coefficient (Wildman–Crippen LogP) is 3.67. The van der Waals surface area contributed by atoms with Gasteiger partial charge in [0.15, 0.2) is 5.78 Å². The number of halogens is 1. The van der Waals surface area contributed by atoms with Crippen molar-refractivity contribution in [3.8, 4) is 0 Å². The number of Topliss-reactive ketones (excluding diaryl/α,β-unsaturated/α-hetero) is 1. The Balaban J connectivity index is 2.20. The van der Waals surface area contributed by atoms with Gasteiger partial charge in [0, 0.05) is 29.8 Å². The number of nitrogens with zero attached hydrogens (tertiary/aromatic N) is 2. The number of alkyl halides is 1. The van der Waals surface area contributed by atoms with E-state index in [2.05, 4.69) is 0 Å². The number of rotatable bonds is 5. The first-order chi connectivity index (χ1) is 10.4. The zero-order valence-corrected chi connectivity index (χ0v) is 11.8. The number of nitro groups is 2. The number of ketones is 1. The van der Waals surface area contributed by atoms with Crippen molar-refractivity contribution < 1.29 is 14.6 Å². The van der Waals surface area contributed by atoms with Crippen LogP contribution in [-0.2, 0) is 0 Å². The van der Waals surface area contributed by atoms with Crippen molar-refractivity contribution >= 4 is 28.8 Å². The van der Waals surface area contributed by atoms with Crippen LogP contribution < -0.4 is 0 Å². The Labute approximate surface area is 129 Å². The highest BCUT2D eigenvalue weighted by atomic mass is 35.5. The highest BCUT2D eigenvalue weighted by molar-refractivity contribution is 6.33. The summed E-state index contributed by atoms with van der Waals surface area (Å²) in [5.74, 6) is -0.439. The fraction of sp³-hybridized carbons (Fsp3) is 0.0714. The van der Waals surface area contributed by atoms with E-state index >= 15 is 0 Å². The van der Waals surface area contributed by atoms with Gasteiger partial charge in [-0.2, -0.15) is 0 Å². The molecule has 0 aliphatic rings. The van der Waals surface area contributed by atoms with Crippen molar-refractivity contribution in [1.82, 2.24) is 0 Å². The first kappa shape index (κ1) is 15.6. The molecule has 1 atom stereocenters. The van der Waals surface area contributed by atoms with Gasteiger partial charge < -0.3 is 0 Å². The molecule has 7 nitrogen and oxygen atoms in total. The lowest BCUT2D eigenvalue weighted by Crippen LogP contribution is -2.07. The smallest absolute Gasteiger partial charge is 0.269 e. The number of non-ortho nitro benzene ring substituents is 2. The molecule has 0 aromatic heterocycles. The van der Waals surface area contributed by atoms with Crippen LogP contribution in [0.2, 0.25) is 0 Å². The molecule has 2 aromatic rings. The van der Waals surface area contributed by atoms with Gasteiger partial charge in [0.25, 0.3) is 11.4 Å². The molecule has 0 amide bonds. The van der Waals surface area contributed by atoms with E-state index in [-0.39, 0.29) is 16.9 Å². The van der Waals surface area contributed by atoms with Gasteiger partial charge in [-0.15, -0.1) is 11.6 Å². The number of nitro benzene ring substituents is 2. The molecular formula is C14H9ClN2O5. The van der Waals surface area contributed by atoms with Gasteiger partial charge >= 0.3 is 0 Å². The van der Waals surface area contributed by atoms with Crippen molar-refractivity contribution in [3.63, 3.8) is 0 Å². The fourth-order valence-electron chi connectivity index (χ4n) is 1.81. The molecule has 0 N–H and O–H groups in total. The van der Waals surface area contributed by atoms with Crippen LogP contribution in [0.1, 0.15) is 21.3 Å². The van der Waals surface area contributed by atoms with Gasteiger partial charge in [-0.1, -0.05) is 12.1 Å². The second-order valence-electron chi connectivity index (χ2n) is 4.38. The molecule has 0 fully saturated rings. The van der Waals surface area contributed by atoms with E-state index in [1.165, 1.54) is 48.5 Å². The van der Waals surface area contributed by atoms with Gasteiger partial charge in [0.05, 0.1) is 9.85 Å². The number of benzene rings is 2. The summed E-state index contributed by atoms with van der Waals surface area (Å²) in [5.41, 5.74) is 0.410. The molecule has 0 bridgehead atoms. The molecule has 0 spiro atoms. The van der Waals surface area contributed by atoms with E-state index < -0.39 is 21.0 Å². The molecule has 2 aromatic carbocycles. The maximum absolute atomic E-state index is 12.2. The van der Waals surface area contributed by atoms with Crippen LogP contribution in [0.25, 0.3) is 0 Å². The van der Waals surface area contributed by atoms with E-state index in [1.54, 1.807) is 0 Å². The van der Waals surface area contributed by atoms with Crippen LogP contribution in [0.4, 0.5) is 11.4 Å². The Hall–Kier alpha value is -2.80. The topological polar surface area (TPSA) is 103 Å². The average molecular weight is 321 g/mol. The second kappa shape index (κ2) is 6.31. The van der Waals surface area contributed by atoms with Crippen molar-refractivity contribution in [1.29, 1.82) is 0 Å². The molecule has 0 heterocycles. The number of hydrogen-bond donors (Lipinski definition) is 0. The van der Waals surface area contributed by atoms with Crippen molar-refractivity contribution in [2.45, 2.75) is 5.38 Å². The normalized spacial score (nSPS) is 11.7. The number of hydrogen-bond acceptors (Lipinski definition) is 5. The van der Waals surface area contributed by atoms with E-state index in [4.69, 9.17) is 11.6 Å². The fourth-order valence-corrected chi connectivity index (χ4v) is 2.08. The summed E-state index contributed by atoms with van der Waals surface area (Å²) in [5, 5.41) is 20.1. The monoisotopic (exact) mass is 320 g/mol. The predicted molar refractivity (Wildman–Crippen MR) is 79.1 cm³/mol. The van der Waals surface area contributed by atoms with Crippen LogP contribution in [0.3, 0.4) is 0 Å². The molecule has 0 saturated carbocycles. The minimum Gasteiger partial charge on any atom is -0.292 e. The Morgan fingerprint density at radius 2 is 1.27 bits per heavy atom. The molecule has 0 aliphatic heterocycles. The van der Waals surface area contributed by atoms with Gasteiger partial charge in [-0.05, 0) is 17.7 Å². The van der Waals surface area contributed by atoms with Crippen LogP contribution in [0.5, 0.6) is 0 Å². The van der Waals surface area contributed by atoms with Gasteiger partial charge in [0.2, 0.25) is 0 Å². The third-order valence-corrected chi connectivity index (χ3v) is 3.44. The molecular weight excluding hydrogens is 312 g/mol. The van der Waals surface area contributed by atoms with Crippen LogP contribution in [-0.4, -0.2) is 15.6 Å². The SMILES string of the molecule is O=C(c1ccc([N+](=O)[O-])cc1)C(Cl)c1ccc([N+](=O)[O-])cc1. The molecule has 0 saturated heterocycles. The Kier molecular flexibility index (Phi) is 4.47. The molecule has 2 rings (SSSR count). The summed E-state index contributed by atoms with van der Waals surface area (Å²) in [6.45, 7) is 0. The van der Waals surface area contributed by atoms with Gasteiger partial charge in [-0.3, -0.25) is 25.0 Å². The summed E-state index contributed by atoms with van der Waals surface area (Å²) in [4.78, 5) is 32.2. The molecule has 0 aliphatic carbocycles. The lowest BCUT2D eigenvalue weighted by atomic mass is 10.0. The van der Waals surface area contributed by atoms with Crippen molar-refractivity contribution in [3.05, 3.63) is 79.9 Å². The summed E-state index contributed by atoms with van der Waals surface area (Å²) < 4.78 is 0. The summed E-state index contributed by atoms with van der Waals surface area (Å²) in [6, 6.07) is 10.4. The molecule has 0 radical (unpaired) electrons. The van der Waals surface area contributed by atoms with E-state index in [0.717, 1.165) is 0 Å². The lowest BCUT2D eigenvalue weighted by molar-refractivity contribution is -0.385. The minimum atomic E-state index is -1.03. The quantitative estimate of drug-likeness (QED) is 0.362. The number of carbonyl (C=O) groups excluding carboxylic acids is 1. The lowest BCUT2D eigenvalue weighted by Gasteiger charge is -2.08. The van der Waals surface area contributed by atoms with Crippen molar-refractivity contribution in [2.24, 2.45) is 0 Å². The summed E-state index contributed by atoms with van der Waals surface area (Å²) in [7, 11) is 0. The third kappa shape index (κ3) is 3.26. The molecule has 22 heavy (non-hydrogen) atoms. The van der Waals surface area contributed by atoms with E-state index in [1.807, 2.05) is 0 Å². The maximum Gasteiger partial charge on any atom is 0.269 e. The van der Waals surface area contributed by atoms with E-state index in [0.29, 0.717) is 5.56 Å². The second-order valence-corrected chi connectivity index (χ2v) is 4.82. The summed E-state index contributed by atoms with van der Waals surface area (Å²) >= 11 is 6.07. The van der Waals surface area contributed by atoms with Gasteiger partial charge in [-0.25, -0.2) is 0 Å². The minimum absolute atomic E-state index is 0.101. The first-order valence-corrected chi connectivity index (χ1v) is 6.51. The number of carbonyl (C=O) groups is 1. The highest BCUT2D eigenvalue weighted by Gasteiger charge is 2.21. The molecule has 112 valence electrons. The Morgan fingerprint density at radius 1 is 0.864 bits per heavy atom. The first-order valence-electron chi connectivity index (χ1n) is 6.07. The van der Waals surface area contributed by atoms with Crippen LogP contribution in [0.15, 0.2) is 48.5 Å². The van der Waals surface area contributed by atoms with Crippen molar-refractivity contribution in [2.75, 3.05) is 0 Å².